The Morgan fingerprint density at radius 1 is 0.789 bits per heavy atom. The van der Waals surface area contributed by atoms with Gasteiger partial charge < -0.3 is 29.0 Å². The Bertz CT molecular complexity index is 1400. The molecule has 38 heavy (non-hydrogen) atoms. The van der Waals surface area contributed by atoms with Gasteiger partial charge in [0, 0.05) is 25.5 Å². The van der Waals surface area contributed by atoms with Crippen LogP contribution in [0.25, 0.3) is 5.76 Å². The summed E-state index contributed by atoms with van der Waals surface area (Å²) in [7, 11) is 9.78. The van der Waals surface area contributed by atoms with E-state index in [4.69, 9.17) is 18.9 Å². The average Bonchev–Trinajstić information content (AvgIpc) is 3.21. The van der Waals surface area contributed by atoms with Gasteiger partial charge in [0.1, 0.15) is 17.3 Å². The van der Waals surface area contributed by atoms with Crippen LogP contribution in [-0.4, -0.2) is 59.3 Å². The minimum Gasteiger partial charge on any atom is -0.507 e. The molecule has 9 heteroatoms. The fraction of sp³-hybridized carbons (Fsp3) is 0.241. The Morgan fingerprint density at radius 3 is 2.00 bits per heavy atom. The van der Waals surface area contributed by atoms with Gasteiger partial charge in [-0.05, 0) is 60.2 Å². The SMILES string of the molecule is COc1ccc(OC)c(/C(O)=C2\C(=O)C(=O)N(c3ccc(N(C)C)cc3)C2c2ccc(OC)c(OC)c2)c1. The minimum atomic E-state index is -0.962. The topological polar surface area (TPSA) is 97.8 Å². The number of Topliss-reactive ketones (excluding diaryl/α,β-unsaturated/α-hetero) is 1. The van der Waals surface area contributed by atoms with Crippen LogP contribution in [0.4, 0.5) is 11.4 Å². The number of ether oxygens (including phenoxy) is 4. The second kappa shape index (κ2) is 10.8. The molecular weight excluding hydrogens is 488 g/mol. The maximum absolute atomic E-state index is 13.5. The molecule has 1 fully saturated rings. The Labute approximate surface area is 221 Å². The summed E-state index contributed by atoms with van der Waals surface area (Å²) in [6.07, 6.45) is 0. The summed E-state index contributed by atoms with van der Waals surface area (Å²) in [6, 6.07) is 16.2. The number of nitrogens with zero attached hydrogens (tertiary/aromatic N) is 2. The number of ketones is 1. The quantitative estimate of drug-likeness (QED) is 0.266. The number of benzene rings is 3. The van der Waals surface area contributed by atoms with E-state index < -0.39 is 17.7 Å². The fourth-order valence-corrected chi connectivity index (χ4v) is 4.49. The average molecular weight is 519 g/mol. The molecule has 198 valence electrons. The summed E-state index contributed by atoms with van der Waals surface area (Å²) >= 11 is 0. The van der Waals surface area contributed by atoms with Crippen molar-refractivity contribution in [1.29, 1.82) is 0 Å². The maximum atomic E-state index is 13.5. The van der Waals surface area contributed by atoms with E-state index in [1.54, 1.807) is 48.5 Å². The van der Waals surface area contributed by atoms with Gasteiger partial charge in [0.25, 0.3) is 11.7 Å². The predicted molar refractivity (Wildman–Crippen MR) is 145 cm³/mol. The number of aliphatic hydroxyl groups is 1. The molecule has 1 heterocycles. The Kier molecular flexibility index (Phi) is 7.47. The molecule has 1 atom stereocenters. The van der Waals surface area contributed by atoms with Gasteiger partial charge >= 0.3 is 0 Å². The zero-order chi connectivity index (χ0) is 27.6. The molecule has 9 nitrogen and oxygen atoms in total. The minimum absolute atomic E-state index is 0.0922. The van der Waals surface area contributed by atoms with E-state index in [2.05, 4.69) is 0 Å². The first kappa shape index (κ1) is 26.4. The first-order chi connectivity index (χ1) is 18.2. The lowest BCUT2D eigenvalue weighted by molar-refractivity contribution is -0.132. The molecule has 1 N–H and O–H groups in total. The van der Waals surface area contributed by atoms with Gasteiger partial charge in [0.15, 0.2) is 11.5 Å². The summed E-state index contributed by atoms with van der Waals surface area (Å²) in [6.45, 7) is 0. The van der Waals surface area contributed by atoms with E-state index in [0.29, 0.717) is 34.2 Å². The third-order valence-corrected chi connectivity index (χ3v) is 6.47. The molecule has 1 amide bonds. The van der Waals surface area contributed by atoms with Crippen LogP contribution >= 0.6 is 0 Å². The Morgan fingerprint density at radius 2 is 1.42 bits per heavy atom. The summed E-state index contributed by atoms with van der Waals surface area (Å²) in [5.41, 5.74) is 2.09. The highest BCUT2D eigenvalue weighted by Crippen LogP contribution is 2.45. The molecule has 0 radical (unpaired) electrons. The molecule has 1 aliphatic rings. The number of hydrogen-bond acceptors (Lipinski definition) is 8. The largest absolute Gasteiger partial charge is 0.507 e. The first-order valence-corrected chi connectivity index (χ1v) is 11.8. The van der Waals surface area contributed by atoms with Crippen LogP contribution in [-0.2, 0) is 9.59 Å². The molecule has 0 aromatic heterocycles. The number of carbonyl (C=O) groups excluding carboxylic acids is 2. The summed E-state index contributed by atoms with van der Waals surface area (Å²) < 4.78 is 21.6. The Hall–Kier alpha value is -4.66. The standard InChI is InChI=1S/C29H30N2O7/c1-30(2)18-8-10-19(11-9-18)31-26(17-7-13-23(37-5)24(15-17)38-6)25(28(33)29(31)34)27(32)21-16-20(35-3)12-14-22(21)36-4/h7-16,26,32H,1-6H3/b27-25+. The van der Waals surface area contributed by atoms with E-state index >= 15 is 0 Å². The molecule has 1 aliphatic heterocycles. The number of carbonyl (C=O) groups is 2. The highest BCUT2D eigenvalue weighted by molar-refractivity contribution is 6.51. The summed E-state index contributed by atoms with van der Waals surface area (Å²) in [5, 5.41) is 11.6. The molecular formula is C29H30N2O7. The molecule has 0 spiro atoms. The Balaban J connectivity index is 1.99. The van der Waals surface area contributed by atoms with Crippen molar-refractivity contribution in [3.63, 3.8) is 0 Å². The third-order valence-electron chi connectivity index (χ3n) is 6.47. The lowest BCUT2D eigenvalue weighted by Crippen LogP contribution is -2.29. The van der Waals surface area contributed by atoms with Crippen molar-refractivity contribution in [2.24, 2.45) is 0 Å². The molecule has 0 saturated carbocycles. The van der Waals surface area contributed by atoms with Crippen LogP contribution in [0.1, 0.15) is 17.2 Å². The zero-order valence-corrected chi connectivity index (χ0v) is 22.1. The van der Waals surface area contributed by atoms with Crippen LogP contribution in [0.3, 0.4) is 0 Å². The fourth-order valence-electron chi connectivity index (χ4n) is 4.49. The molecule has 1 saturated heterocycles. The molecule has 3 aromatic rings. The van der Waals surface area contributed by atoms with Crippen LogP contribution in [0.15, 0.2) is 66.2 Å². The monoisotopic (exact) mass is 518 g/mol. The normalized spacial score (nSPS) is 16.4. The van der Waals surface area contributed by atoms with Gasteiger partial charge in [-0.3, -0.25) is 14.5 Å². The van der Waals surface area contributed by atoms with E-state index in [9.17, 15) is 14.7 Å². The van der Waals surface area contributed by atoms with E-state index in [1.807, 2.05) is 31.1 Å². The van der Waals surface area contributed by atoms with Gasteiger partial charge in [-0.2, -0.15) is 0 Å². The highest BCUT2D eigenvalue weighted by Gasteiger charge is 2.47. The number of aliphatic hydroxyl groups excluding tert-OH is 1. The van der Waals surface area contributed by atoms with Gasteiger partial charge in [-0.1, -0.05) is 6.07 Å². The van der Waals surface area contributed by atoms with Crippen molar-refractivity contribution in [3.05, 3.63) is 77.4 Å². The second-order valence-electron chi connectivity index (χ2n) is 8.76. The van der Waals surface area contributed by atoms with Gasteiger partial charge in [-0.25, -0.2) is 0 Å². The maximum Gasteiger partial charge on any atom is 0.300 e. The number of methoxy groups -OCH3 is 4. The number of amides is 1. The predicted octanol–water partition coefficient (Wildman–Crippen LogP) is 4.41. The van der Waals surface area contributed by atoms with Crippen molar-refractivity contribution in [3.8, 4) is 23.0 Å². The van der Waals surface area contributed by atoms with E-state index in [1.165, 1.54) is 33.3 Å². The number of anilines is 2. The smallest absolute Gasteiger partial charge is 0.300 e. The molecule has 3 aromatic carbocycles. The number of hydrogen-bond donors (Lipinski definition) is 1. The van der Waals surface area contributed by atoms with E-state index in [0.717, 1.165) is 5.69 Å². The molecule has 1 unspecified atom stereocenters. The van der Waals surface area contributed by atoms with Crippen molar-refractivity contribution in [2.75, 3.05) is 52.3 Å². The molecule has 0 aliphatic carbocycles. The third kappa shape index (κ3) is 4.58. The number of rotatable bonds is 8. The van der Waals surface area contributed by atoms with Crippen molar-refractivity contribution in [2.45, 2.75) is 6.04 Å². The summed E-state index contributed by atoms with van der Waals surface area (Å²) in [5.74, 6) is -0.323. The summed E-state index contributed by atoms with van der Waals surface area (Å²) in [4.78, 5) is 30.4. The second-order valence-corrected chi connectivity index (χ2v) is 8.76. The van der Waals surface area contributed by atoms with E-state index in [-0.39, 0.29) is 16.9 Å². The van der Waals surface area contributed by atoms with Crippen LogP contribution in [0, 0.1) is 0 Å². The van der Waals surface area contributed by atoms with Gasteiger partial charge in [0.2, 0.25) is 0 Å². The van der Waals surface area contributed by atoms with Crippen molar-refractivity contribution < 1.29 is 33.6 Å². The van der Waals surface area contributed by atoms with Gasteiger partial charge in [0.05, 0.1) is 45.6 Å². The van der Waals surface area contributed by atoms with Crippen molar-refractivity contribution in [1.82, 2.24) is 0 Å². The molecule has 0 bridgehead atoms. The van der Waals surface area contributed by atoms with Crippen molar-refractivity contribution >= 4 is 28.8 Å². The highest BCUT2D eigenvalue weighted by atomic mass is 16.5. The lowest BCUT2D eigenvalue weighted by Gasteiger charge is -2.26. The van der Waals surface area contributed by atoms with Gasteiger partial charge in [-0.15, -0.1) is 0 Å². The first-order valence-electron chi connectivity index (χ1n) is 11.8. The lowest BCUT2D eigenvalue weighted by atomic mass is 9.94. The van der Waals surface area contributed by atoms with Crippen LogP contribution in [0.2, 0.25) is 0 Å². The zero-order valence-electron chi connectivity index (χ0n) is 22.1. The van der Waals surface area contributed by atoms with Crippen LogP contribution < -0.4 is 28.7 Å². The van der Waals surface area contributed by atoms with Crippen LogP contribution in [0.5, 0.6) is 23.0 Å². The molecule has 4 rings (SSSR count).